The summed E-state index contributed by atoms with van der Waals surface area (Å²) in [6.07, 6.45) is 12.9. The molecule has 0 fully saturated rings. The van der Waals surface area contributed by atoms with Crippen molar-refractivity contribution in [2.75, 3.05) is 0 Å². The second-order valence-electron chi connectivity index (χ2n) is 4.60. The largest absolute Gasteiger partial charge is 1.00 e. The van der Waals surface area contributed by atoms with Crippen molar-refractivity contribution in [3.8, 4) is 0 Å². The second kappa shape index (κ2) is 30.4. The van der Waals surface area contributed by atoms with Crippen LogP contribution in [0.1, 0.15) is 77.6 Å². The van der Waals surface area contributed by atoms with Crippen LogP contribution < -0.4 is 88.2 Å². The molecule has 0 atom stereocenters. The molecule has 0 aromatic carbocycles. The third kappa shape index (κ3) is 43.0. The zero-order chi connectivity index (χ0) is 14.9. The van der Waals surface area contributed by atoms with Crippen LogP contribution in [-0.4, -0.2) is 11.9 Å². The summed E-state index contributed by atoms with van der Waals surface area (Å²) in [4.78, 5) is 18.6. The second-order valence-corrected chi connectivity index (χ2v) is 4.60. The van der Waals surface area contributed by atoms with Gasteiger partial charge in [-0.3, -0.25) is 0 Å². The number of rotatable bonds is 11. The Balaban J connectivity index is -0.0000000850. The van der Waals surface area contributed by atoms with Gasteiger partial charge >= 0.3 is 78.0 Å². The van der Waals surface area contributed by atoms with Crippen LogP contribution in [-0.2, 0) is 9.59 Å². The quantitative estimate of drug-likeness (QED) is 0.164. The molecule has 0 heterocycles. The van der Waals surface area contributed by atoms with E-state index >= 15 is 0 Å². The van der Waals surface area contributed by atoms with Crippen LogP contribution in [0.4, 0.5) is 0 Å². The molecule has 7 heteroatoms. The Hall–Kier alpha value is 1.54. The molecule has 0 aliphatic rings. The van der Waals surface area contributed by atoms with Gasteiger partial charge in [0.1, 0.15) is 0 Å². The Labute approximate surface area is 192 Å². The van der Waals surface area contributed by atoms with Crippen molar-refractivity contribution < 1.29 is 97.8 Å². The summed E-state index contributed by atoms with van der Waals surface area (Å²) in [5.41, 5.74) is 0. The first-order valence-electron chi connectivity index (χ1n) is 7.23. The van der Waals surface area contributed by atoms with Crippen LogP contribution in [0.2, 0.25) is 0 Å². The van der Waals surface area contributed by atoms with Gasteiger partial charge < -0.3 is 26.7 Å². The van der Waals surface area contributed by atoms with Gasteiger partial charge in [0.25, 0.3) is 0 Å². The van der Waals surface area contributed by atoms with E-state index in [1.807, 2.05) is 0 Å². The number of carbonyl (C=O) groups excluding carboxylic acids is 2. The van der Waals surface area contributed by atoms with Gasteiger partial charge in [0.2, 0.25) is 0 Å². The summed E-state index contributed by atoms with van der Waals surface area (Å²) < 4.78 is 0. The molecule has 114 valence electrons. The van der Waals surface area contributed by atoms with E-state index in [0.717, 1.165) is 6.42 Å². The molecule has 0 radical (unpaired) electrons. The van der Waals surface area contributed by atoms with Crippen LogP contribution in [0.15, 0.2) is 0 Å². The number of carboxylic acid groups (broad SMARTS) is 2. The molecule has 0 spiro atoms. The van der Waals surface area contributed by atoms with Gasteiger partial charge in [0.15, 0.2) is 0 Å². The predicted molar refractivity (Wildman–Crippen MR) is 71.8 cm³/mol. The molecule has 0 aliphatic carbocycles. The molecule has 0 N–H and O–H groups in total. The summed E-state index contributed by atoms with van der Waals surface area (Å²) in [5.74, 6) is -3.25. The van der Waals surface area contributed by atoms with Crippen molar-refractivity contribution in [3.05, 3.63) is 6.92 Å². The van der Waals surface area contributed by atoms with Crippen LogP contribution in [0.25, 0.3) is 0 Å². The molecule has 0 unspecified atom stereocenters. The maximum absolute atomic E-state index is 9.28. The first-order valence-corrected chi connectivity index (χ1v) is 7.23. The van der Waals surface area contributed by atoms with E-state index in [4.69, 9.17) is 0 Å². The molecule has 0 aliphatic heterocycles. The Morgan fingerprint density at radius 1 is 0.773 bits per heavy atom. The van der Waals surface area contributed by atoms with E-state index in [1.54, 1.807) is 0 Å². The summed E-state index contributed by atoms with van der Waals surface area (Å²) >= 11 is 0. The first-order chi connectivity index (χ1) is 9.04. The summed E-state index contributed by atoms with van der Waals surface area (Å²) in [6.45, 7) is 6.12. The number of carbonyl (C=O) groups is 2. The van der Waals surface area contributed by atoms with Crippen molar-refractivity contribution in [2.45, 2.75) is 77.6 Å². The third-order valence-corrected chi connectivity index (χ3v) is 2.64. The third-order valence-electron chi connectivity index (χ3n) is 2.64. The molecular formula is C15H27LiNa2O4. The Morgan fingerprint density at radius 3 is 1.32 bits per heavy atom. The van der Waals surface area contributed by atoms with Crippen molar-refractivity contribution in [1.82, 2.24) is 0 Å². The topological polar surface area (TPSA) is 80.3 Å². The van der Waals surface area contributed by atoms with E-state index in [2.05, 4.69) is 13.8 Å². The summed E-state index contributed by atoms with van der Waals surface area (Å²) in [6, 6.07) is 0. The monoisotopic (exact) mass is 324 g/mol. The zero-order valence-electron chi connectivity index (χ0n) is 15.1. The molecule has 0 amide bonds. The average molecular weight is 324 g/mol. The van der Waals surface area contributed by atoms with Crippen molar-refractivity contribution in [1.29, 1.82) is 0 Å². The number of carboxylic acids is 2. The molecule has 0 saturated heterocycles. The van der Waals surface area contributed by atoms with Gasteiger partial charge in [0.05, 0.1) is 0 Å². The Kier molecular flexibility index (Phi) is 48.1. The van der Waals surface area contributed by atoms with Crippen LogP contribution in [0.5, 0.6) is 0 Å². The number of hydrogen-bond acceptors (Lipinski definition) is 4. The molecule has 4 nitrogen and oxygen atoms in total. The maximum Gasteiger partial charge on any atom is 1.00 e. The number of aliphatic carboxylic acids is 2. The van der Waals surface area contributed by atoms with E-state index in [-0.39, 0.29) is 78.0 Å². The molecule has 0 aromatic heterocycles. The summed E-state index contributed by atoms with van der Waals surface area (Å²) in [5, 5.41) is 18.6. The molecule has 0 aromatic rings. The Bertz CT molecular complexity index is 208. The normalized spacial score (nSPS) is 8.27. The minimum atomic E-state index is -1.63. The number of hydrogen-bond donors (Lipinski definition) is 0. The number of unbranched alkanes of at least 4 members (excludes halogenated alkanes) is 9. The van der Waals surface area contributed by atoms with Crippen LogP contribution in [0.3, 0.4) is 0 Å². The van der Waals surface area contributed by atoms with E-state index in [1.165, 1.54) is 57.8 Å². The van der Waals surface area contributed by atoms with Gasteiger partial charge in [-0.2, -0.15) is 6.42 Å². The molecular weight excluding hydrogens is 297 g/mol. The SMILES string of the molecule is O=C([O-])CC(=O)[O-].[CH2-]CCCCCCCCCCC.[Li+].[Na+].[Na+]. The fraction of sp³-hybridized carbons (Fsp3) is 0.800. The summed E-state index contributed by atoms with van der Waals surface area (Å²) in [7, 11) is 0. The van der Waals surface area contributed by atoms with Gasteiger partial charge in [-0.1, -0.05) is 64.7 Å². The maximum atomic E-state index is 9.28. The van der Waals surface area contributed by atoms with Gasteiger partial charge in [-0.05, 0) is 0 Å². The standard InChI is InChI=1S/C12H25.C3H4O4.Li.2Na/c1-3-5-7-9-11-12-10-8-6-4-2;4-2(5)1-3(6)7;;;/h1,3-12H2,2H3;1H2,(H,4,5)(H,6,7);;;/q-1;;3*+1/p-2. The fourth-order valence-corrected chi connectivity index (χ4v) is 1.61. The van der Waals surface area contributed by atoms with Gasteiger partial charge in [-0.15, -0.1) is 0 Å². The first kappa shape index (κ1) is 34.8. The smallest absolute Gasteiger partial charge is 0.550 e. The van der Waals surface area contributed by atoms with Gasteiger partial charge in [-0.25, -0.2) is 0 Å². The molecule has 22 heavy (non-hydrogen) atoms. The molecule has 0 saturated carbocycles. The molecule has 0 rings (SSSR count). The predicted octanol–water partition coefficient (Wildman–Crippen LogP) is -7.37. The van der Waals surface area contributed by atoms with E-state index in [9.17, 15) is 19.8 Å². The fourth-order valence-electron chi connectivity index (χ4n) is 1.61. The zero-order valence-corrected chi connectivity index (χ0v) is 19.1. The van der Waals surface area contributed by atoms with Crippen molar-refractivity contribution in [3.63, 3.8) is 0 Å². The Morgan fingerprint density at radius 2 is 1.09 bits per heavy atom. The van der Waals surface area contributed by atoms with Crippen LogP contribution >= 0.6 is 0 Å². The van der Waals surface area contributed by atoms with Crippen molar-refractivity contribution in [2.24, 2.45) is 0 Å². The average Bonchev–Trinajstić information content (AvgIpc) is 2.32. The van der Waals surface area contributed by atoms with Crippen molar-refractivity contribution >= 4 is 11.9 Å². The minimum absolute atomic E-state index is 0. The van der Waals surface area contributed by atoms with E-state index in [0.29, 0.717) is 0 Å². The van der Waals surface area contributed by atoms with Crippen LogP contribution in [0, 0.1) is 6.92 Å². The van der Waals surface area contributed by atoms with E-state index < -0.39 is 18.4 Å². The van der Waals surface area contributed by atoms with Gasteiger partial charge in [0, 0.05) is 18.4 Å². The minimum Gasteiger partial charge on any atom is -0.550 e. The molecule has 0 bridgehead atoms.